The second-order valence-electron chi connectivity index (χ2n) is 3.79. The predicted octanol–water partition coefficient (Wildman–Crippen LogP) is 3.50. The number of carbonyl (C=O) groups excluding carboxylic acids is 1. The molecule has 76 valence electrons. The number of carbonyl (C=O) groups is 1. The highest BCUT2D eigenvalue weighted by molar-refractivity contribution is 6.64. The highest BCUT2D eigenvalue weighted by Crippen LogP contribution is 2.25. The zero-order valence-corrected chi connectivity index (χ0v) is 9.51. The minimum Gasteiger partial charge on any atom is -0.281 e. The lowest BCUT2D eigenvalue weighted by atomic mass is 9.89. The highest BCUT2D eigenvalue weighted by atomic mass is 35.5. The first-order chi connectivity index (χ1) is 6.52. The van der Waals surface area contributed by atoms with Crippen molar-refractivity contribution in [1.82, 2.24) is 0 Å². The summed E-state index contributed by atoms with van der Waals surface area (Å²) in [5, 5.41) is -0.266. The molecule has 0 heterocycles. The van der Waals surface area contributed by atoms with Gasteiger partial charge in [0.05, 0.1) is 0 Å². The SMILES string of the molecule is Cc1ccc(C(C)C(C)C(=O)Cl)cc1. The van der Waals surface area contributed by atoms with Gasteiger partial charge >= 0.3 is 0 Å². The van der Waals surface area contributed by atoms with Crippen LogP contribution in [-0.2, 0) is 4.79 Å². The molecule has 1 nitrogen and oxygen atoms in total. The zero-order chi connectivity index (χ0) is 10.7. The third-order valence-electron chi connectivity index (χ3n) is 2.71. The summed E-state index contributed by atoms with van der Waals surface area (Å²) >= 11 is 5.47. The summed E-state index contributed by atoms with van der Waals surface area (Å²) in [6, 6.07) is 8.21. The van der Waals surface area contributed by atoms with Crippen molar-refractivity contribution < 1.29 is 4.79 Å². The second kappa shape index (κ2) is 4.61. The quantitative estimate of drug-likeness (QED) is 0.698. The predicted molar refractivity (Wildman–Crippen MR) is 59.6 cm³/mol. The number of benzene rings is 1. The van der Waals surface area contributed by atoms with Gasteiger partial charge < -0.3 is 0 Å². The van der Waals surface area contributed by atoms with Crippen LogP contribution in [0.2, 0.25) is 0 Å². The van der Waals surface area contributed by atoms with Crippen LogP contribution >= 0.6 is 11.6 Å². The Morgan fingerprint density at radius 1 is 1.21 bits per heavy atom. The molecule has 14 heavy (non-hydrogen) atoms. The fourth-order valence-corrected chi connectivity index (χ4v) is 1.54. The minimum absolute atomic E-state index is 0.126. The van der Waals surface area contributed by atoms with Gasteiger partial charge in [-0.25, -0.2) is 0 Å². The summed E-state index contributed by atoms with van der Waals surface area (Å²) in [5.74, 6) is 0.0555. The van der Waals surface area contributed by atoms with Crippen molar-refractivity contribution in [3.05, 3.63) is 35.4 Å². The van der Waals surface area contributed by atoms with Crippen LogP contribution in [-0.4, -0.2) is 5.24 Å². The lowest BCUT2D eigenvalue weighted by molar-refractivity contribution is -0.115. The molecule has 0 radical (unpaired) electrons. The molecule has 0 bridgehead atoms. The number of hydrogen-bond acceptors (Lipinski definition) is 1. The summed E-state index contributed by atoms with van der Waals surface area (Å²) in [5.41, 5.74) is 2.39. The average Bonchev–Trinajstić information content (AvgIpc) is 2.16. The zero-order valence-electron chi connectivity index (χ0n) is 8.75. The van der Waals surface area contributed by atoms with Gasteiger partial charge in [-0.2, -0.15) is 0 Å². The molecule has 1 rings (SSSR count). The number of aryl methyl sites for hydroxylation is 1. The van der Waals surface area contributed by atoms with Crippen LogP contribution in [0, 0.1) is 12.8 Å². The summed E-state index contributed by atoms with van der Waals surface area (Å²) in [4.78, 5) is 11.0. The van der Waals surface area contributed by atoms with E-state index in [1.807, 2.05) is 20.8 Å². The molecular weight excluding hydrogens is 196 g/mol. The Kier molecular flexibility index (Phi) is 3.70. The van der Waals surface area contributed by atoms with Crippen molar-refractivity contribution in [2.75, 3.05) is 0 Å². The van der Waals surface area contributed by atoms with Crippen LogP contribution in [0.25, 0.3) is 0 Å². The monoisotopic (exact) mass is 210 g/mol. The summed E-state index contributed by atoms with van der Waals surface area (Å²) in [6.07, 6.45) is 0. The first-order valence-electron chi connectivity index (χ1n) is 4.78. The van der Waals surface area contributed by atoms with Gasteiger partial charge in [-0.15, -0.1) is 0 Å². The third kappa shape index (κ3) is 2.58. The summed E-state index contributed by atoms with van der Waals surface area (Å²) in [7, 11) is 0. The fraction of sp³-hybridized carbons (Fsp3) is 0.417. The van der Waals surface area contributed by atoms with E-state index >= 15 is 0 Å². The Bertz CT molecular complexity index is 316. The van der Waals surface area contributed by atoms with E-state index in [-0.39, 0.29) is 17.1 Å². The Morgan fingerprint density at radius 3 is 2.14 bits per heavy atom. The van der Waals surface area contributed by atoms with Crippen LogP contribution in [0.3, 0.4) is 0 Å². The topological polar surface area (TPSA) is 17.1 Å². The van der Waals surface area contributed by atoms with E-state index in [4.69, 9.17) is 11.6 Å². The highest BCUT2D eigenvalue weighted by Gasteiger charge is 2.19. The van der Waals surface area contributed by atoms with Crippen LogP contribution in [0.4, 0.5) is 0 Å². The van der Waals surface area contributed by atoms with Crippen molar-refractivity contribution in [3.63, 3.8) is 0 Å². The van der Waals surface area contributed by atoms with Crippen molar-refractivity contribution in [1.29, 1.82) is 0 Å². The Hall–Kier alpha value is -0.820. The Morgan fingerprint density at radius 2 is 1.71 bits per heavy atom. The smallest absolute Gasteiger partial charge is 0.225 e. The summed E-state index contributed by atoms with van der Waals surface area (Å²) in [6.45, 7) is 5.93. The normalized spacial score (nSPS) is 14.9. The number of hydrogen-bond donors (Lipinski definition) is 0. The van der Waals surface area contributed by atoms with Crippen molar-refractivity contribution >= 4 is 16.8 Å². The molecule has 0 aliphatic heterocycles. The van der Waals surface area contributed by atoms with Gasteiger partial charge in [0.25, 0.3) is 0 Å². The van der Waals surface area contributed by atoms with Crippen molar-refractivity contribution in [2.24, 2.45) is 5.92 Å². The van der Waals surface area contributed by atoms with Gasteiger partial charge in [0.1, 0.15) is 0 Å². The molecule has 1 aromatic carbocycles. The van der Waals surface area contributed by atoms with E-state index in [9.17, 15) is 4.79 Å². The lowest BCUT2D eigenvalue weighted by Gasteiger charge is -2.16. The van der Waals surface area contributed by atoms with E-state index in [0.717, 1.165) is 5.56 Å². The van der Waals surface area contributed by atoms with Gasteiger partial charge in [0.2, 0.25) is 5.24 Å². The van der Waals surface area contributed by atoms with Gasteiger partial charge in [0.15, 0.2) is 0 Å². The largest absolute Gasteiger partial charge is 0.281 e. The molecule has 0 aromatic heterocycles. The first-order valence-corrected chi connectivity index (χ1v) is 5.16. The first kappa shape index (κ1) is 11.3. The van der Waals surface area contributed by atoms with Gasteiger partial charge in [-0.05, 0) is 30.0 Å². The molecule has 0 fully saturated rings. The van der Waals surface area contributed by atoms with E-state index in [2.05, 4.69) is 24.3 Å². The summed E-state index contributed by atoms with van der Waals surface area (Å²) < 4.78 is 0. The minimum atomic E-state index is -0.266. The molecule has 0 N–H and O–H groups in total. The molecule has 0 amide bonds. The molecule has 0 aliphatic carbocycles. The maximum absolute atomic E-state index is 11.0. The molecule has 2 heteroatoms. The molecular formula is C12H15ClO. The van der Waals surface area contributed by atoms with Crippen molar-refractivity contribution in [2.45, 2.75) is 26.7 Å². The standard InChI is InChI=1S/C12H15ClO/c1-8-4-6-11(7-5-8)9(2)10(3)12(13)14/h4-7,9-10H,1-3H3. The van der Waals surface area contributed by atoms with Crippen LogP contribution in [0.15, 0.2) is 24.3 Å². The van der Waals surface area contributed by atoms with Gasteiger partial charge in [-0.1, -0.05) is 43.7 Å². The van der Waals surface area contributed by atoms with E-state index in [1.54, 1.807) is 0 Å². The third-order valence-corrected chi connectivity index (χ3v) is 3.06. The van der Waals surface area contributed by atoms with E-state index in [1.165, 1.54) is 5.56 Å². The molecule has 0 saturated carbocycles. The lowest BCUT2D eigenvalue weighted by Crippen LogP contribution is -2.12. The van der Waals surface area contributed by atoms with E-state index < -0.39 is 0 Å². The van der Waals surface area contributed by atoms with Gasteiger partial charge in [0, 0.05) is 5.92 Å². The van der Waals surface area contributed by atoms with Crippen LogP contribution in [0.5, 0.6) is 0 Å². The Balaban J connectivity index is 2.84. The molecule has 2 atom stereocenters. The maximum Gasteiger partial charge on any atom is 0.225 e. The molecule has 0 saturated heterocycles. The average molecular weight is 211 g/mol. The van der Waals surface area contributed by atoms with Crippen LogP contribution in [0.1, 0.15) is 30.9 Å². The van der Waals surface area contributed by atoms with Gasteiger partial charge in [-0.3, -0.25) is 4.79 Å². The fourth-order valence-electron chi connectivity index (χ4n) is 1.36. The van der Waals surface area contributed by atoms with E-state index in [0.29, 0.717) is 0 Å². The molecule has 0 spiro atoms. The van der Waals surface area contributed by atoms with Crippen molar-refractivity contribution in [3.8, 4) is 0 Å². The molecule has 2 unspecified atom stereocenters. The number of rotatable bonds is 3. The maximum atomic E-state index is 11.0. The Labute approximate surface area is 90.1 Å². The molecule has 1 aromatic rings. The second-order valence-corrected chi connectivity index (χ2v) is 4.16. The van der Waals surface area contributed by atoms with Crippen LogP contribution < -0.4 is 0 Å². The molecule has 0 aliphatic rings. The number of halogens is 1.